The molecule has 6 N–H and O–H groups in total. The van der Waals surface area contributed by atoms with Gasteiger partial charge in [0, 0.05) is 64.7 Å². The van der Waals surface area contributed by atoms with Gasteiger partial charge >= 0.3 is 0 Å². The van der Waals surface area contributed by atoms with E-state index in [4.69, 9.17) is 4.74 Å². The number of anilines is 1. The second kappa shape index (κ2) is 9.44. The van der Waals surface area contributed by atoms with Crippen LogP contribution in [0.2, 0.25) is 0 Å². The molecule has 0 aromatic heterocycles. The Morgan fingerprint density at radius 1 is 0.690 bits per heavy atom. The van der Waals surface area contributed by atoms with Crippen LogP contribution in [0.3, 0.4) is 0 Å². The summed E-state index contributed by atoms with van der Waals surface area (Å²) >= 11 is 0. The topological polar surface area (TPSA) is 137 Å². The lowest BCUT2D eigenvalue weighted by molar-refractivity contribution is 0.373. The summed E-state index contributed by atoms with van der Waals surface area (Å²) in [5, 5.41) is 2.10. The molecule has 42 heavy (non-hydrogen) atoms. The smallest absolute Gasteiger partial charge is 0.210 e. The number of nitrogens with zero attached hydrogens (tertiary/aromatic N) is 2. The average molecular weight is 612 g/mol. The fraction of sp³-hybridized carbons (Fsp3) is 0.387. The molecule has 0 unspecified atom stereocenters. The van der Waals surface area contributed by atoms with Crippen molar-refractivity contribution in [1.29, 1.82) is 0 Å². The average Bonchev–Trinajstić information content (AvgIpc) is 2.96. The van der Waals surface area contributed by atoms with E-state index in [0.29, 0.717) is 5.56 Å². The highest BCUT2D eigenvalue weighted by molar-refractivity contribution is 8.20. The Hall–Kier alpha value is -2.61. The highest BCUT2D eigenvalue weighted by atomic mass is 32.3. The summed E-state index contributed by atoms with van der Waals surface area (Å²) in [6.45, 7) is 4.07. The summed E-state index contributed by atoms with van der Waals surface area (Å²) in [7, 11) is -8.49. The van der Waals surface area contributed by atoms with Crippen molar-refractivity contribution in [1.82, 2.24) is 4.58 Å². The third-order valence-electron chi connectivity index (χ3n) is 9.52. The Bertz CT molecular complexity index is 1800. The zero-order valence-electron chi connectivity index (χ0n) is 23.2. The van der Waals surface area contributed by atoms with E-state index in [1.54, 1.807) is 6.07 Å². The number of rotatable bonds is 3. The molecule has 9 nitrogen and oxygen atoms in total. The highest BCUT2D eigenvalue weighted by Crippen LogP contribution is 2.55. The second-order valence-corrected chi connectivity index (χ2v) is 15.0. The zero-order valence-corrected chi connectivity index (χ0v) is 24.8. The van der Waals surface area contributed by atoms with Gasteiger partial charge in [-0.25, -0.2) is 4.58 Å². The van der Waals surface area contributed by atoms with Crippen LogP contribution < -0.4 is 24.8 Å². The van der Waals surface area contributed by atoms with E-state index < -0.39 is 21.7 Å². The quantitative estimate of drug-likeness (QED) is 0.172. The number of aryl methyl sites for hydroxylation is 2. The lowest BCUT2D eigenvalue weighted by Gasteiger charge is -2.39. The normalized spacial score (nSPS) is 19.8. The zero-order chi connectivity index (χ0) is 29.0. The Morgan fingerprint density at radius 3 is 2.17 bits per heavy atom. The van der Waals surface area contributed by atoms with Crippen molar-refractivity contribution in [2.24, 2.45) is 0 Å². The first-order chi connectivity index (χ1) is 20.1. The predicted molar refractivity (Wildman–Crippen MR) is 164 cm³/mol. The monoisotopic (exact) mass is 611 g/mol. The van der Waals surface area contributed by atoms with Gasteiger partial charge in [-0.2, -0.15) is 0 Å². The van der Waals surface area contributed by atoms with E-state index in [2.05, 4.69) is 21.6 Å². The van der Waals surface area contributed by atoms with Gasteiger partial charge in [0.25, 0.3) is 0 Å². The number of fused-ring (bicyclic) bond motifs is 4. The number of ether oxygens (including phenoxy) is 1. The molecule has 0 radical (unpaired) electrons. The minimum Gasteiger partial charge on any atom is -0.455 e. The molecule has 0 atom stereocenters. The molecular formula is C31H35N2O7S2+. The standard InChI is InChI=1S/C31H34N2O7S2/c34-41(35,36)20-9-10-21(26(17-20)42(37,38)39)27-24-15-18-5-1-11-32-13-3-7-22(28(18)32)30(24)40-31-23-8-4-14-33-12-2-6-19(29(23)33)16-25(27)31/h9-10,15-17H,1-8,11-14H2,(H5-,34,35,36,37,38,39)/p+1. The number of hydrogen-bond donors (Lipinski definition) is 6. The summed E-state index contributed by atoms with van der Waals surface area (Å²) in [4.78, 5) is 1.91. The van der Waals surface area contributed by atoms with E-state index in [-0.39, 0.29) is 9.79 Å². The van der Waals surface area contributed by atoms with E-state index in [1.807, 2.05) is 0 Å². The van der Waals surface area contributed by atoms with Crippen LogP contribution in [0.5, 0.6) is 11.5 Å². The number of benzene rings is 3. The van der Waals surface area contributed by atoms with Crippen LogP contribution in [-0.2, 0) is 25.7 Å². The van der Waals surface area contributed by atoms with Crippen LogP contribution in [0.25, 0.3) is 5.57 Å². The maximum absolute atomic E-state index is 10.7. The molecule has 3 aromatic carbocycles. The first-order valence-electron chi connectivity index (χ1n) is 14.7. The molecule has 5 heterocycles. The Balaban J connectivity index is 1.53. The molecule has 222 valence electrons. The molecule has 8 rings (SSSR count). The van der Waals surface area contributed by atoms with Crippen molar-refractivity contribution in [3.8, 4) is 11.5 Å². The Labute approximate surface area is 247 Å². The molecule has 0 saturated heterocycles. The van der Waals surface area contributed by atoms with Gasteiger partial charge in [-0.05, 0) is 68.4 Å². The van der Waals surface area contributed by atoms with Crippen LogP contribution in [0, 0.1) is 0 Å². The maximum Gasteiger partial charge on any atom is 0.210 e. The summed E-state index contributed by atoms with van der Waals surface area (Å²) < 4.78 is 71.4. The van der Waals surface area contributed by atoms with Gasteiger partial charge in [0.05, 0.1) is 15.4 Å². The van der Waals surface area contributed by atoms with Gasteiger partial charge < -0.3 is 37.0 Å². The summed E-state index contributed by atoms with van der Waals surface area (Å²) in [6, 6.07) is 8.34. The molecule has 0 fully saturated rings. The van der Waals surface area contributed by atoms with Gasteiger partial charge in [-0.1, -0.05) is 6.07 Å². The molecule has 0 saturated carbocycles. The molecule has 0 amide bonds. The van der Waals surface area contributed by atoms with Gasteiger partial charge in [-0.3, -0.25) is 0 Å². The largest absolute Gasteiger partial charge is 0.455 e. The van der Waals surface area contributed by atoms with Crippen LogP contribution in [0.1, 0.15) is 59.1 Å². The van der Waals surface area contributed by atoms with E-state index in [1.165, 1.54) is 39.4 Å². The molecular weight excluding hydrogens is 576 g/mol. The van der Waals surface area contributed by atoms with Crippen LogP contribution in [0.4, 0.5) is 5.69 Å². The molecule has 3 aromatic rings. The molecule has 11 heteroatoms. The first-order valence-corrected chi connectivity index (χ1v) is 17.7. The minimum atomic E-state index is -4.33. The van der Waals surface area contributed by atoms with Crippen LogP contribution in [0.15, 0.2) is 40.1 Å². The van der Waals surface area contributed by atoms with Crippen LogP contribution in [-0.4, -0.2) is 53.5 Å². The second-order valence-electron chi connectivity index (χ2n) is 12.0. The molecule has 0 spiro atoms. The summed E-state index contributed by atoms with van der Waals surface area (Å²) in [5.41, 5.74) is 8.01. The lowest BCUT2D eigenvalue weighted by Crippen LogP contribution is -2.45. The number of hydrogen-bond acceptors (Lipinski definition) is 8. The highest BCUT2D eigenvalue weighted by Gasteiger charge is 2.37. The van der Waals surface area contributed by atoms with Crippen molar-refractivity contribution >= 4 is 33.0 Å². The van der Waals surface area contributed by atoms with E-state index in [9.17, 15) is 27.3 Å². The summed E-state index contributed by atoms with van der Waals surface area (Å²) in [6.07, 6.45) is 7.77. The minimum absolute atomic E-state index is 0.260. The van der Waals surface area contributed by atoms with Crippen molar-refractivity contribution in [2.45, 2.75) is 61.2 Å². The van der Waals surface area contributed by atoms with Gasteiger partial charge in [0.2, 0.25) is 5.36 Å². The Morgan fingerprint density at radius 2 is 1.40 bits per heavy atom. The van der Waals surface area contributed by atoms with Crippen molar-refractivity contribution in [2.75, 3.05) is 31.1 Å². The SMILES string of the molecule is OS(O)(O)c1ccc(C2=c3cc4c5c(c3Oc3c2cc2c6c3CCCN6CCC2)CCC[N+]=5CCC4)c(S(O)(O)O)c1. The van der Waals surface area contributed by atoms with Gasteiger partial charge in [0.1, 0.15) is 46.3 Å². The van der Waals surface area contributed by atoms with Gasteiger partial charge in [0.15, 0.2) is 0 Å². The molecule has 0 aliphatic carbocycles. The van der Waals surface area contributed by atoms with Crippen molar-refractivity contribution < 1.29 is 32.1 Å². The maximum atomic E-state index is 10.7. The molecule has 5 aliphatic heterocycles. The van der Waals surface area contributed by atoms with Gasteiger partial charge in [-0.15, -0.1) is 0 Å². The lowest BCUT2D eigenvalue weighted by atomic mass is 9.82. The van der Waals surface area contributed by atoms with E-state index >= 15 is 0 Å². The van der Waals surface area contributed by atoms with Crippen molar-refractivity contribution in [3.63, 3.8) is 0 Å². The molecule has 5 aliphatic rings. The first kappa shape index (κ1) is 27.0. The van der Waals surface area contributed by atoms with Crippen LogP contribution >= 0.6 is 21.7 Å². The Kier molecular flexibility index (Phi) is 6.06. The molecule has 0 bridgehead atoms. The fourth-order valence-electron chi connectivity index (χ4n) is 7.91. The fourth-order valence-corrected chi connectivity index (χ4v) is 9.26. The third kappa shape index (κ3) is 4.06. The third-order valence-corrected chi connectivity index (χ3v) is 11.3. The van der Waals surface area contributed by atoms with Crippen molar-refractivity contribution in [3.05, 3.63) is 74.3 Å². The predicted octanol–water partition coefficient (Wildman–Crippen LogP) is 5.29. The van der Waals surface area contributed by atoms with E-state index in [0.717, 1.165) is 111 Å². The summed E-state index contributed by atoms with van der Waals surface area (Å²) in [5.74, 6) is 1.56.